The highest BCUT2D eigenvalue weighted by Crippen LogP contribution is 2.33. The van der Waals surface area contributed by atoms with E-state index in [-0.39, 0.29) is 5.91 Å². The molecule has 4 nitrogen and oxygen atoms in total. The maximum atomic E-state index is 12.5. The van der Waals surface area contributed by atoms with Crippen LogP contribution in [0.1, 0.15) is 12.8 Å². The normalized spacial score (nSPS) is 17.8. The van der Waals surface area contributed by atoms with Gasteiger partial charge >= 0.3 is 0 Å². The van der Waals surface area contributed by atoms with Crippen LogP contribution in [0.4, 0.5) is 5.69 Å². The van der Waals surface area contributed by atoms with Crippen molar-refractivity contribution < 1.29 is 9.53 Å². The predicted molar refractivity (Wildman–Crippen MR) is 68.0 cm³/mol. The molecule has 0 N–H and O–H groups in total. The molecule has 0 atom stereocenters. The van der Waals surface area contributed by atoms with Gasteiger partial charge in [0.05, 0.1) is 6.07 Å². The molecule has 1 heterocycles. The van der Waals surface area contributed by atoms with E-state index in [1.807, 2.05) is 30.3 Å². The zero-order valence-corrected chi connectivity index (χ0v) is 10.4. The molecular weight excluding hydrogens is 228 g/mol. The third-order valence-corrected chi connectivity index (χ3v) is 3.42. The Balaban J connectivity index is 2.22. The molecule has 1 aliphatic rings. The number of amides is 1. The van der Waals surface area contributed by atoms with Gasteiger partial charge in [-0.05, 0) is 25.0 Å². The van der Waals surface area contributed by atoms with E-state index in [2.05, 4.69) is 6.07 Å². The van der Waals surface area contributed by atoms with Crippen LogP contribution in [0.2, 0.25) is 0 Å². The lowest BCUT2D eigenvalue weighted by atomic mass is 9.80. The number of hydrogen-bond acceptors (Lipinski definition) is 3. The van der Waals surface area contributed by atoms with Crippen molar-refractivity contribution in [1.82, 2.24) is 0 Å². The van der Waals surface area contributed by atoms with Gasteiger partial charge in [-0.3, -0.25) is 4.79 Å². The zero-order valence-electron chi connectivity index (χ0n) is 10.4. The molecule has 0 aliphatic carbocycles. The Morgan fingerprint density at radius 1 is 1.33 bits per heavy atom. The largest absolute Gasteiger partial charge is 0.381 e. The molecule has 1 aromatic carbocycles. The van der Waals surface area contributed by atoms with Gasteiger partial charge in [0.25, 0.3) is 0 Å². The molecule has 18 heavy (non-hydrogen) atoms. The molecule has 1 saturated heterocycles. The first-order valence-corrected chi connectivity index (χ1v) is 6.02. The smallest absolute Gasteiger partial charge is 0.247 e. The summed E-state index contributed by atoms with van der Waals surface area (Å²) in [5, 5.41) is 9.35. The second-order valence-electron chi connectivity index (χ2n) is 4.51. The van der Waals surface area contributed by atoms with Gasteiger partial charge < -0.3 is 9.64 Å². The van der Waals surface area contributed by atoms with Crippen molar-refractivity contribution in [2.75, 3.05) is 25.2 Å². The van der Waals surface area contributed by atoms with Gasteiger partial charge in [0.15, 0.2) is 0 Å². The monoisotopic (exact) mass is 244 g/mol. The van der Waals surface area contributed by atoms with Crippen LogP contribution in [0.15, 0.2) is 30.3 Å². The lowest BCUT2D eigenvalue weighted by molar-refractivity contribution is -0.129. The first-order valence-electron chi connectivity index (χ1n) is 6.02. The van der Waals surface area contributed by atoms with Crippen LogP contribution < -0.4 is 4.90 Å². The second-order valence-corrected chi connectivity index (χ2v) is 4.51. The summed E-state index contributed by atoms with van der Waals surface area (Å²) in [5.74, 6) is -0.139. The molecule has 4 heteroatoms. The Kier molecular flexibility index (Phi) is 3.63. The van der Waals surface area contributed by atoms with Crippen molar-refractivity contribution >= 4 is 11.6 Å². The highest BCUT2D eigenvalue weighted by atomic mass is 16.5. The van der Waals surface area contributed by atoms with E-state index in [4.69, 9.17) is 4.74 Å². The minimum Gasteiger partial charge on any atom is -0.381 e. The fourth-order valence-corrected chi connectivity index (χ4v) is 2.18. The van der Waals surface area contributed by atoms with Crippen molar-refractivity contribution in [3.8, 4) is 6.07 Å². The van der Waals surface area contributed by atoms with E-state index in [0.717, 1.165) is 5.69 Å². The van der Waals surface area contributed by atoms with Crippen LogP contribution in [0.5, 0.6) is 0 Å². The molecule has 0 aromatic heterocycles. The fourth-order valence-electron chi connectivity index (χ4n) is 2.18. The van der Waals surface area contributed by atoms with Gasteiger partial charge in [-0.1, -0.05) is 18.2 Å². The maximum Gasteiger partial charge on any atom is 0.247 e. The van der Waals surface area contributed by atoms with Crippen LogP contribution >= 0.6 is 0 Å². The molecule has 0 spiro atoms. The van der Waals surface area contributed by atoms with Crippen LogP contribution in [0.3, 0.4) is 0 Å². The van der Waals surface area contributed by atoms with Crippen molar-refractivity contribution in [3.05, 3.63) is 30.3 Å². The number of nitrogens with zero attached hydrogens (tertiary/aromatic N) is 2. The summed E-state index contributed by atoms with van der Waals surface area (Å²) in [6.07, 6.45) is 0.943. The van der Waals surface area contributed by atoms with E-state index in [0.29, 0.717) is 26.1 Å². The van der Waals surface area contributed by atoms with Crippen LogP contribution in [0.25, 0.3) is 0 Å². The Morgan fingerprint density at radius 2 is 1.94 bits per heavy atom. The van der Waals surface area contributed by atoms with Gasteiger partial charge in [-0.2, -0.15) is 5.26 Å². The van der Waals surface area contributed by atoms with E-state index in [1.165, 1.54) is 0 Å². The van der Waals surface area contributed by atoms with Crippen LogP contribution in [0, 0.1) is 16.7 Å². The topological polar surface area (TPSA) is 53.3 Å². The summed E-state index contributed by atoms with van der Waals surface area (Å²) in [7, 11) is 1.71. The minimum absolute atomic E-state index is 0.139. The van der Waals surface area contributed by atoms with E-state index >= 15 is 0 Å². The van der Waals surface area contributed by atoms with E-state index in [1.54, 1.807) is 11.9 Å². The number of carbonyl (C=O) groups is 1. The maximum absolute atomic E-state index is 12.5. The lowest BCUT2D eigenvalue weighted by Gasteiger charge is -2.33. The molecule has 1 amide bonds. The number of nitriles is 1. The Labute approximate surface area is 107 Å². The van der Waals surface area contributed by atoms with Gasteiger partial charge in [0, 0.05) is 25.9 Å². The molecule has 1 fully saturated rings. The molecule has 0 unspecified atom stereocenters. The number of para-hydroxylation sites is 1. The van der Waals surface area contributed by atoms with Gasteiger partial charge in [0.1, 0.15) is 5.41 Å². The summed E-state index contributed by atoms with van der Waals surface area (Å²) in [6, 6.07) is 11.6. The number of rotatable bonds is 2. The van der Waals surface area contributed by atoms with Gasteiger partial charge in [-0.15, -0.1) is 0 Å². The van der Waals surface area contributed by atoms with Crippen molar-refractivity contribution in [1.29, 1.82) is 5.26 Å². The number of ether oxygens (including phenoxy) is 1. The van der Waals surface area contributed by atoms with E-state index in [9.17, 15) is 10.1 Å². The highest BCUT2D eigenvalue weighted by molar-refractivity contribution is 5.99. The molecule has 94 valence electrons. The summed E-state index contributed by atoms with van der Waals surface area (Å²) in [4.78, 5) is 14.1. The molecule has 0 bridgehead atoms. The quantitative estimate of drug-likeness (QED) is 0.799. The third-order valence-electron chi connectivity index (χ3n) is 3.42. The van der Waals surface area contributed by atoms with Crippen LogP contribution in [-0.4, -0.2) is 26.2 Å². The average Bonchev–Trinajstić information content (AvgIpc) is 2.47. The summed E-state index contributed by atoms with van der Waals surface area (Å²) in [5.41, 5.74) is -0.119. The average molecular weight is 244 g/mol. The molecule has 1 aliphatic heterocycles. The zero-order chi connectivity index (χ0) is 13.0. The number of carbonyl (C=O) groups excluding carboxylic acids is 1. The van der Waals surface area contributed by atoms with E-state index < -0.39 is 5.41 Å². The third kappa shape index (κ3) is 2.22. The number of anilines is 1. The van der Waals surface area contributed by atoms with Gasteiger partial charge in [0.2, 0.25) is 5.91 Å². The standard InChI is InChI=1S/C14H16N2O2/c1-16(12-5-3-2-4-6-12)13(17)14(11-15)7-9-18-10-8-14/h2-6H,7-10H2,1H3. The minimum atomic E-state index is -0.928. The molecule has 0 radical (unpaired) electrons. The number of benzene rings is 1. The molecule has 1 aromatic rings. The Morgan fingerprint density at radius 3 is 2.50 bits per heavy atom. The Bertz CT molecular complexity index is 458. The van der Waals surface area contributed by atoms with Gasteiger partial charge in [-0.25, -0.2) is 0 Å². The first-order chi connectivity index (χ1) is 8.69. The second kappa shape index (κ2) is 5.19. The van der Waals surface area contributed by atoms with Crippen molar-refractivity contribution in [2.24, 2.45) is 5.41 Å². The Hall–Kier alpha value is -1.86. The number of hydrogen-bond donors (Lipinski definition) is 0. The predicted octanol–water partition coefficient (Wildman–Crippen LogP) is 1.97. The first kappa shape index (κ1) is 12.6. The van der Waals surface area contributed by atoms with Crippen molar-refractivity contribution in [2.45, 2.75) is 12.8 Å². The fraction of sp³-hybridized carbons (Fsp3) is 0.429. The molecular formula is C14H16N2O2. The van der Waals surface area contributed by atoms with Crippen molar-refractivity contribution in [3.63, 3.8) is 0 Å². The summed E-state index contributed by atoms with van der Waals surface area (Å²) < 4.78 is 5.24. The summed E-state index contributed by atoms with van der Waals surface area (Å²) >= 11 is 0. The lowest BCUT2D eigenvalue weighted by Crippen LogP contribution is -2.44. The highest BCUT2D eigenvalue weighted by Gasteiger charge is 2.42. The SMILES string of the molecule is CN(C(=O)C1(C#N)CCOCC1)c1ccccc1. The summed E-state index contributed by atoms with van der Waals surface area (Å²) in [6.45, 7) is 0.948. The molecule has 0 saturated carbocycles. The molecule has 2 rings (SSSR count). The van der Waals surface area contributed by atoms with Crippen LogP contribution in [-0.2, 0) is 9.53 Å².